The molecule has 0 aromatic heterocycles. The fourth-order valence-electron chi connectivity index (χ4n) is 3.35. The van der Waals surface area contributed by atoms with Crippen LogP contribution in [-0.4, -0.2) is 37.2 Å². The van der Waals surface area contributed by atoms with Gasteiger partial charge in [0.2, 0.25) is 0 Å². The number of hydrogen-bond donors (Lipinski definition) is 4. The first-order valence-corrected chi connectivity index (χ1v) is 10.3. The minimum Gasteiger partial charge on any atom is -0.506 e. The van der Waals surface area contributed by atoms with Gasteiger partial charge in [0.25, 0.3) is 5.91 Å². The molecule has 0 radical (unpaired) electrons. The summed E-state index contributed by atoms with van der Waals surface area (Å²) in [5.41, 5.74) is 2.48. The summed E-state index contributed by atoms with van der Waals surface area (Å²) in [5.74, 6) is -0.924. The largest absolute Gasteiger partial charge is 0.506 e. The van der Waals surface area contributed by atoms with Crippen LogP contribution in [0.15, 0.2) is 54.6 Å². The van der Waals surface area contributed by atoms with Gasteiger partial charge in [0, 0.05) is 6.54 Å². The smallest absolute Gasteiger partial charge is 0.404 e. The second kappa shape index (κ2) is 7.23. The van der Waals surface area contributed by atoms with Crippen molar-refractivity contribution in [2.45, 2.75) is 6.54 Å². The summed E-state index contributed by atoms with van der Waals surface area (Å²) in [6, 6.07) is 15.8. The summed E-state index contributed by atoms with van der Waals surface area (Å²) in [6.45, 7) is -0.234. The molecule has 0 atom stereocenters. The maximum absolute atomic E-state index is 12.1. The molecule has 3 aromatic rings. The molecule has 4 rings (SSSR count). The maximum atomic E-state index is 12.1. The van der Waals surface area contributed by atoms with Crippen molar-refractivity contribution in [1.82, 2.24) is 10.0 Å². The number of benzene rings is 3. The van der Waals surface area contributed by atoms with Gasteiger partial charge >= 0.3 is 16.3 Å². The number of amides is 2. The van der Waals surface area contributed by atoms with Crippen molar-refractivity contribution in [2.75, 3.05) is 10.8 Å². The van der Waals surface area contributed by atoms with E-state index in [4.69, 9.17) is 5.11 Å². The van der Waals surface area contributed by atoms with Crippen molar-refractivity contribution >= 4 is 38.7 Å². The second-order valence-corrected chi connectivity index (χ2v) is 8.39. The molecule has 3 aromatic carbocycles. The molecule has 0 saturated carbocycles. The van der Waals surface area contributed by atoms with Gasteiger partial charge < -0.3 is 15.5 Å². The first-order valence-electron chi connectivity index (χ1n) is 8.89. The monoisotopic (exact) mass is 427 g/mol. The summed E-state index contributed by atoms with van der Waals surface area (Å²) >= 11 is 0. The Morgan fingerprint density at radius 1 is 1.07 bits per heavy atom. The SMILES string of the molecule is O=C(O)NCc1cccc(-c2ccc3cc(O)c(N4CC(=O)NS4(=O)=O)cc3c2)c1. The lowest BCUT2D eigenvalue weighted by Gasteiger charge is -2.17. The number of carbonyl (C=O) groups is 2. The van der Waals surface area contributed by atoms with E-state index in [1.807, 2.05) is 35.1 Å². The van der Waals surface area contributed by atoms with E-state index >= 15 is 0 Å². The van der Waals surface area contributed by atoms with Crippen molar-refractivity contribution < 1.29 is 28.2 Å². The number of nitrogens with one attached hydrogen (secondary N) is 2. The van der Waals surface area contributed by atoms with Crippen LogP contribution in [0.5, 0.6) is 5.75 Å². The highest BCUT2D eigenvalue weighted by atomic mass is 32.2. The first-order chi connectivity index (χ1) is 14.2. The van der Waals surface area contributed by atoms with E-state index in [0.29, 0.717) is 10.8 Å². The zero-order valence-corrected chi connectivity index (χ0v) is 16.3. The van der Waals surface area contributed by atoms with Gasteiger partial charge in [0.05, 0.1) is 5.69 Å². The molecule has 154 valence electrons. The Hall–Kier alpha value is -3.79. The highest BCUT2D eigenvalue weighted by Gasteiger charge is 2.35. The van der Waals surface area contributed by atoms with Crippen LogP contribution in [0.25, 0.3) is 21.9 Å². The molecular formula is C20H17N3O6S. The lowest BCUT2D eigenvalue weighted by molar-refractivity contribution is -0.117. The van der Waals surface area contributed by atoms with Gasteiger partial charge in [-0.05, 0) is 51.7 Å². The number of fused-ring (bicyclic) bond motifs is 1. The third-order valence-electron chi connectivity index (χ3n) is 4.73. The van der Waals surface area contributed by atoms with Crippen LogP contribution in [0.3, 0.4) is 0 Å². The van der Waals surface area contributed by atoms with Crippen molar-refractivity contribution in [3.63, 3.8) is 0 Å². The average molecular weight is 427 g/mol. The third-order valence-corrected chi connectivity index (χ3v) is 6.12. The minimum absolute atomic E-state index is 0.0115. The molecule has 1 fully saturated rings. The van der Waals surface area contributed by atoms with E-state index in [0.717, 1.165) is 21.0 Å². The molecule has 2 amide bonds. The number of carbonyl (C=O) groups excluding carboxylic acids is 1. The molecule has 1 aliphatic heterocycles. The number of phenolic OH excluding ortho intramolecular Hbond substituents is 1. The zero-order chi connectivity index (χ0) is 21.5. The van der Waals surface area contributed by atoms with Crippen LogP contribution in [0.2, 0.25) is 0 Å². The highest BCUT2D eigenvalue weighted by molar-refractivity contribution is 7.92. The average Bonchev–Trinajstić information content (AvgIpc) is 2.97. The second-order valence-electron chi connectivity index (χ2n) is 6.80. The number of nitrogens with zero attached hydrogens (tertiary/aromatic N) is 1. The molecule has 0 bridgehead atoms. The quantitative estimate of drug-likeness (QED) is 0.504. The van der Waals surface area contributed by atoms with Gasteiger partial charge in [-0.1, -0.05) is 30.3 Å². The molecule has 4 N–H and O–H groups in total. The lowest BCUT2D eigenvalue weighted by atomic mass is 9.99. The predicted octanol–water partition coefficient (Wildman–Crippen LogP) is 2.16. The topological polar surface area (TPSA) is 136 Å². The van der Waals surface area contributed by atoms with Crippen molar-refractivity contribution in [3.05, 3.63) is 60.2 Å². The van der Waals surface area contributed by atoms with Crippen LogP contribution in [-0.2, 0) is 21.5 Å². The summed E-state index contributed by atoms with van der Waals surface area (Å²) in [7, 11) is -4.04. The van der Waals surface area contributed by atoms with Gasteiger partial charge in [0.15, 0.2) is 0 Å². The fourth-order valence-corrected chi connectivity index (χ4v) is 4.51. The molecule has 9 nitrogen and oxygen atoms in total. The van der Waals surface area contributed by atoms with Crippen LogP contribution in [0.1, 0.15) is 5.56 Å². The molecule has 0 unspecified atom stereocenters. The van der Waals surface area contributed by atoms with Crippen LogP contribution in [0.4, 0.5) is 10.5 Å². The Kier molecular flexibility index (Phi) is 4.70. The standard InChI is InChI=1S/C20H17N3O6S/c24-18-9-15-5-4-14(13-3-1-2-12(6-13)10-21-20(26)27)7-16(15)8-17(18)23-11-19(25)22-30(23,28)29/h1-9,21,24H,10-11H2,(H,22,25)(H,26,27). The molecule has 1 saturated heterocycles. The Labute approximate surface area is 171 Å². The molecule has 1 aliphatic rings. The number of hydrogen-bond acceptors (Lipinski definition) is 5. The van der Waals surface area contributed by atoms with E-state index in [1.165, 1.54) is 12.1 Å². The van der Waals surface area contributed by atoms with E-state index in [1.54, 1.807) is 12.1 Å². The highest BCUT2D eigenvalue weighted by Crippen LogP contribution is 2.36. The van der Waals surface area contributed by atoms with Gasteiger partial charge in [-0.15, -0.1) is 0 Å². The van der Waals surface area contributed by atoms with Gasteiger partial charge in [0.1, 0.15) is 12.3 Å². The van der Waals surface area contributed by atoms with Crippen molar-refractivity contribution in [3.8, 4) is 16.9 Å². The summed E-state index contributed by atoms with van der Waals surface area (Å²) in [4.78, 5) is 22.2. The first kappa shape index (κ1) is 19.5. The van der Waals surface area contributed by atoms with Crippen molar-refractivity contribution in [1.29, 1.82) is 0 Å². The summed E-state index contributed by atoms with van der Waals surface area (Å²) in [5, 5.41) is 22.8. The molecule has 1 heterocycles. The van der Waals surface area contributed by atoms with E-state index < -0.39 is 28.8 Å². The Balaban J connectivity index is 1.74. The zero-order valence-electron chi connectivity index (χ0n) is 15.5. The van der Waals surface area contributed by atoms with E-state index in [9.17, 15) is 23.1 Å². The Bertz CT molecular complexity index is 1290. The van der Waals surface area contributed by atoms with E-state index in [2.05, 4.69) is 5.32 Å². The molecule has 30 heavy (non-hydrogen) atoms. The lowest BCUT2D eigenvalue weighted by Crippen LogP contribution is -2.29. The summed E-state index contributed by atoms with van der Waals surface area (Å²) in [6.07, 6.45) is -1.11. The number of carboxylic acid groups (broad SMARTS) is 1. The molecular weight excluding hydrogens is 410 g/mol. The van der Waals surface area contributed by atoms with Crippen molar-refractivity contribution in [2.24, 2.45) is 0 Å². The number of phenols is 1. The molecule has 0 aliphatic carbocycles. The van der Waals surface area contributed by atoms with Crippen LogP contribution < -0.4 is 14.3 Å². The Morgan fingerprint density at radius 3 is 2.53 bits per heavy atom. The normalized spacial score (nSPS) is 15.2. The minimum atomic E-state index is -4.04. The predicted molar refractivity (Wildman–Crippen MR) is 110 cm³/mol. The fraction of sp³-hybridized carbons (Fsp3) is 0.100. The summed E-state index contributed by atoms with van der Waals surface area (Å²) < 4.78 is 27.0. The van der Waals surface area contributed by atoms with Crippen LogP contribution in [0, 0.1) is 0 Å². The van der Waals surface area contributed by atoms with Gasteiger partial charge in [-0.25, -0.2) is 13.8 Å². The number of aromatic hydroxyl groups is 1. The maximum Gasteiger partial charge on any atom is 0.404 e. The van der Waals surface area contributed by atoms with Gasteiger partial charge in [-0.3, -0.25) is 4.79 Å². The molecule has 0 spiro atoms. The third kappa shape index (κ3) is 3.72. The number of rotatable bonds is 4. The van der Waals surface area contributed by atoms with Gasteiger partial charge in [-0.2, -0.15) is 8.42 Å². The Morgan fingerprint density at radius 2 is 1.83 bits per heavy atom. The number of anilines is 1. The van der Waals surface area contributed by atoms with E-state index in [-0.39, 0.29) is 18.0 Å². The molecule has 10 heteroatoms. The van der Waals surface area contributed by atoms with Crippen LogP contribution >= 0.6 is 0 Å².